The topological polar surface area (TPSA) is 0 Å². The highest BCUT2D eigenvalue weighted by Gasteiger charge is 2.37. The van der Waals surface area contributed by atoms with Crippen molar-refractivity contribution >= 4 is 48.2 Å². The Morgan fingerprint density at radius 1 is 0.529 bits per heavy atom. The van der Waals surface area contributed by atoms with Crippen molar-refractivity contribution in [1.82, 2.24) is 0 Å². The molecule has 1 heteroatoms. The number of rotatable bonds is 1. The average Bonchev–Trinajstić information content (AvgIpc) is 3.08. The molecule has 6 aromatic carbocycles. The minimum absolute atomic E-state index is 0.0688. The number of halogens is 1. The summed E-state index contributed by atoms with van der Waals surface area (Å²) in [5.41, 5.74) is 8.05. The molecule has 0 aromatic heterocycles. The first-order valence-electron chi connectivity index (χ1n) is 11.8. The lowest BCUT2D eigenvalue weighted by atomic mass is 9.80. The molecule has 0 N–H and O–H groups in total. The summed E-state index contributed by atoms with van der Waals surface area (Å²) in [6.45, 7) is 4.71. The minimum atomic E-state index is -0.0688. The first-order valence-corrected chi connectivity index (χ1v) is 12.6. The second-order valence-electron chi connectivity index (χ2n) is 9.91. The van der Waals surface area contributed by atoms with Gasteiger partial charge in [-0.15, -0.1) is 0 Å². The van der Waals surface area contributed by atoms with Crippen molar-refractivity contribution in [2.24, 2.45) is 0 Å². The fraction of sp³-hybridized carbons (Fsp3) is 0.0909. The van der Waals surface area contributed by atoms with Crippen molar-refractivity contribution in [1.29, 1.82) is 0 Å². The van der Waals surface area contributed by atoms with Crippen LogP contribution in [0, 0.1) is 0 Å². The van der Waals surface area contributed by atoms with Crippen LogP contribution in [0.15, 0.2) is 108 Å². The SMILES string of the molecule is CC1(C)c2cc3c(-c4cccc5ccccc45)c4ccccc4cc3cc2-c2cccc(Br)c21. The van der Waals surface area contributed by atoms with Crippen LogP contribution in [0.2, 0.25) is 0 Å². The second kappa shape index (κ2) is 7.04. The quantitative estimate of drug-likeness (QED) is 0.198. The van der Waals surface area contributed by atoms with E-state index in [0.29, 0.717) is 0 Å². The summed E-state index contributed by atoms with van der Waals surface area (Å²) < 4.78 is 1.19. The van der Waals surface area contributed by atoms with Crippen LogP contribution >= 0.6 is 15.9 Å². The van der Waals surface area contributed by atoms with Crippen molar-refractivity contribution < 1.29 is 0 Å². The third-order valence-electron chi connectivity index (χ3n) is 7.66. The van der Waals surface area contributed by atoms with Crippen LogP contribution in [-0.2, 0) is 5.41 Å². The fourth-order valence-electron chi connectivity index (χ4n) is 6.11. The van der Waals surface area contributed by atoms with Crippen molar-refractivity contribution in [3.63, 3.8) is 0 Å². The maximum absolute atomic E-state index is 3.85. The standard InChI is InChI=1S/C33H23Br/c1-33(2)29-19-27-22(18-28(29)26-15-8-16-30(34)32(26)33)17-21-10-4-6-13-24(21)31(27)25-14-7-11-20-9-3-5-12-23(20)25/h3-19H,1-2H3. The summed E-state index contributed by atoms with van der Waals surface area (Å²) >= 11 is 3.85. The highest BCUT2D eigenvalue weighted by atomic mass is 79.9. The molecule has 0 unspecified atom stereocenters. The zero-order valence-electron chi connectivity index (χ0n) is 19.2. The summed E-state index contributed by atoms with van der Waals surface area (Å²) in [5, 5.41) is 7.78. The van der Waals surface area contributed by atoms with Gasteiger partial charge in [0.25, 0.3) is 0 Å². The molecule has 0 saturated carbocycles. The fourth-order valence-corrected chi connectivity index (χ4v) is 6.97. The largest absolute Gasteiger partial charge is 0.0616 e. The van der Waals surface area contributed by atoms with E-state index in [2.05, 4.69) is 133 Å². The number of hydrogen-bond acceptors (Lipinski definition) is 0. The van der Waals surface area contributed by atoms with E-state index in [9.17, 15) is 0 Å². The molecule has 0 spiro atoms. The van der Waals surface area contributed by atoms with Crippen LogP contribution in [0.3, 0.4) is 0 Å². The van der Waals surface area contributed by atoms with Gasteiger partial charge in [0.2, 0.25) is 0 Å². The predicted octanol–water partition coefficient (Wildman–Crippen LogP) is 9.88. The summed E-state index contributed by atoms with van der Waals surface area (Å²) in [6, 6.07) is 38.1. The maximum Gasteiger partial charge on any atom is 0.0222 e. The summed E-state index contributed by atoms with van der Waals surface area (Å²) in [4.78, 5) is 0. The van der Waals surface area contributed by atoms with Gasteiger partial charge < -0.3 is 0 Å². The van der Waals surface area contributed by atoms with Gasteiger partial charge in [0, 0.05) is 9.89 Å². The zero-order valence-corrected chi connectivity index (χ0v) is 20.8. The van der Waals surface area contributed by atoms with Crippen molar-refractivity contribution in [2.75, 3.05) is 0 Å². The van der Waals surface area contributed by atoms with Crippen LogP contribution in [0.5, 0.6) is 0 Å². The summed E-state index contributed by atoms with van der Waals surface area (Å²) in [6.07, 6.45) is 0. The zero-order chi connectivity index (χ0) is 23.0. The summed E-state index contributed by atoms with van der Waals surface area (Å²) in [7, 11) is 0. The molecule has 0 radical (unpaired) electrons. The van der Waals surface area contributed by atoms with Crippen molar-refractivity contribution in [3.8, 4) is 22.3 Å². The van der Waals surface area contributed by atoms with Crippen molar-refractivity contribution in [3.05, 3.63) is 119 Å². The Bertz CT molecular complexity index is 1780. The Labute approximate surface area is 208 Å². The molecule has 7 rings (SSSR count). The molecule has 0 bridgehead atoms. The van der Waals surface area contributed by atoms with E-state index in [1.165, 1.54) is 70.2 Å². The molecule has 0 atom stereocenters. The number of hydrogen-bond donors (Lipinski definition) is 0. The van der Waals surface area contributed by atoms with Gasteiger partial charge in [-0.05, 0) is 90.0 Å². The van der Waals surface area contributed by atoms with Gasteiger partial charge in [0.1, 0.15) is 0 Å². The molecule has 0 heterocycles. The average molecular weight is 499 g/mol. The Morgan fingerprint density at radius 3 is 2.06 bits per heavy atom. The number of fused-ring (bicyclic) bond motifs is 6. The molecular formula is C33H23Br. The molecule has 0 saturated heterocycles. The Morgan fingerprint density at radius 2 is 1.21 bits per heavy atom. The summed E-state index contributed by atoms with van der Waals surface area (Å²) in [5.74, 6) is 0. The maximum atomic E-state index is 3.85. The Hall–Kier alpha value is -3.42. The molecular weight excluding hydrogens is 476 g/mol. The van der Waals surface area contributed by atoms with E-state index in [4.69, 9.17) is 0 Å². The molecule has 6 aromatic rings. The first-order chi connectivity index (χ1) is 16.5. The van der Waals surface area contributed by atoms with Gasteiger partial charge in [-0.2, -0.15) is 0 Å². The highest BCUT2D eigenvalue weighted by molar-refractivity contribution is 9.10. The van der Waals surface area contributed by atoms with Gasteiger partial charge in [-0.3, -0.25) is 0 Å². The Kier molecular flexibility index (Phi) is 4.14. The lowest BCUT2D eigenvalue weighted by molar-refractivity contribution is 0.658. The first kappa shape index (κ1) is 20.0. The highest BCUT2D eigenvalue weighted by Crippen LogP contribution is 2.53. The number of benzene rings is 6. The van der Waals surface area contributed by atoms with Crippen molar-refractivity contribution in [2.45, 2.75) is 19.3 Å². The lowest BCUT2D eigenvalue weighted by Crippen LogP contribution is -2.15. The third kappa shape index (κ3) is 2.65. The van der Waals surface area contributed by atoms with Crippen LogP contribution in [0.1, 0.15) is 25.0 Å². The predicted molar refractivity (Wildman–Crippen MR) is 150 cm³/mol. The lowest BCUT2D eigenvalue weighted by Gasteiger charge is -2.23. The van der Waals surface area contributed by atoms with Crippen LogP contribution in [0.4, 0.5) is 0 Å². The van der Waals surface area contributed by atoms with Gasteiger partial charge in [0.05, 0.1) is 0 Å². The van der Waals surface area contributed by atoms with E-state index < -0.39 is 0 Å². The van der Waals surface area contributed by atoms with Crippen LogP contribution in [-0.4, -0.2) is 0 Å². The molecule has 0 nitrogen and oxygen atoms in total. The Balaban J connectivity index is 1.66. The molecule has 1 aliphatic rings. The molecule has 34 heavy (non-hydrogen) atoms. The molecule has 1 aliphatic carbocycles. The minimum Gasteiger partial charge on any atom is -0.0616 e. The third-order valence-corrected chi connectivity index (χ3v) is 8.32. The van der Waals surface area contributed by atoms with Gasteiger partial charge in [-0.25, -0.2) is 0 Å². The molecule has 0 aliphatic heterocycles. The monoisotopic (exact) mass is 498 g/mol. The molecule has 0 fully saturated rings. The van der Waals surface area contributed by atoms with Crippen LogP contribution < -0.4 is 0 Å². The van der Waals surface area contributed by atoms with E-state index in [-0.39, 0.29) is 5.41 Å². The van der Waals surface area contributed by atoms with Gasteiger partial charge in [0.15, 0.2) is 0 Å². The van der Waals surface area contributed by atoms with Crippen LogP contribution in [0.25, 0.3) is 54.6 Å². The van der Waals surface area contributed by atoms with E-state index in [1.807, 2.05) is 0 Å². The van der Waals surface area contributed by atoms with Gasteiger partial charge in [-0.1, -0.05) is 109 Å². The molecule has 0 amide bonds. The normalized spacial score (nSPS) is 14.0. The second-order valence-corrected chi connectivity index (χ2v) is 10.8. The van der Waals surface area contributed by atoms with E-state index in [1.54, 1.807) is 0 Å². The van der Waals surface area contributed by atoms with Gasteiger partial charge >= 0.3 is 0 Å². The van der Waals surface area contributed by atoms with E-state index >= 15 is 0 Å². The smallest absolute Gasteiger partial charge is 0.0222 e. The van der Waals surface area contributed by atoms with E-state index in [0.717, 1.165) is 0 Å². The molecule has 162 valence electrons.